The molecule has 1 saturated carbocycles. The number of aromatic nitrogens is 2. The normalized spacial score (nSPS) is 15.3. The molecule has 4 nitrogen and oxygen atoms in total. The van der Waals surface area contributed by atoms with E-state index in [9.17, 15) is 0 Å². The van der Waals surface area contributed by atoms with Crippen LogP contribution in [-0.2, 0) is 6.54 Å². The second kappa shape index (κ2) is 5.45. The van der Waals surface area contributed by atoms with Crippen LogP contribution in [0.5, 0.6) is 5.75 Å². The van der Waals surface area contributed by atoms with Crippen LogP contribution in [0.4, 0.5) is 0 Å². The summed E-state index contributed by atoms with van der Waals surface area (Å²) in [4.78, 5) is 8.93. The molecule has 0 radical (unpaired) electrons. The van der Waals surface area contributed by atoms with Gasteiger partial charge in [-0.1, -0.05) is 13.8 Å². The largest absolute Gasteiger partial charge is 0.490 e. The van der Waals surface area contributed by atoms with Crippen molar-refractivity contribution in [3.8, 4) is 5.75 Å². The molecular formula is C13H21N3O. The van der Waals surface area contributed by atoms with Crippen LogP contribution < -0.4 is 10.1 Å². The van der Waals surface area contributed by atoms with Crippen molar-refractivity contribution in [2.45, 2.75) is 52.1 Å². The fourth-order valence-corrected chi connectivity index (χ4v) is 1.63. The van der Waals surface area contributed by atoms with Gasteiger partial charge in [-0.3, -0.25) is 0 Å². The fourth-order valence-electron chi connectivity index (χ4n) is 1.63. The first kappa shape index (κ1) is 12.3. The summed E-state index contributed by atoms with van der Waals surface area (Å²) in [5.74, 6) is 2.05. The maximum Gasteiger partial charge on any atom is 0.160 e. The number of hydrogen-bond donors (Lipinski definition) is 1. The molecule has 1 heterocycles. The second-order valence-electron chi connectivity index (χ2n) is 4.78. The summed E-state index contributed by atoms with van der Waals surface area (Å²) in [7, 11) is 0. The third-order valence-corrected chi connectivity index (χ3v) is 2.80. The van der Waals surface area contributed by atoms with E-state index in [1.807, 2.05) is 6.92 Å². The van der Waals surface area contributed by atoms with Gasteiger partial charge in [0.05, 0.1) is 18.5 Å². The van der Waals surface area contributed by atoms with Gasteiger partial charge in [-0.05, 0) is 19.8 Å². The summed E-state index contributed by atoms with van der Waals surface area (Å²) in [5.41, 5.74) is 0.984. The Labute approximate surface area is 103 Å². The quantitative estimate of drug-likeness (QED) is 0.821. The summed E-state index contributed by atoms with van der Waals surface area (Å²) in [6, 6.07) is 0.682. The Balaban J connectivity index is 2.12. The van der Waals surface area contributed by atoms with Gasteiger partial charge in [0, 0.05) is 18.5 Å². The summed E-state index contributed by atoms with van der Waals surface area (Å²) in [5, 5.41) is 3.47. The molecule has 1 fully saturated rings. The molecule has 1 aromatic heterocycles. The Bertz CT molecular complexity index is 375. The van der Waals surface area contributed by atoms with Crippen molar-refractivity contribution in [1.29, 1.82) is 0 Å². The average molecular weight is 235 g/mol. The zero-order chi connectivity index (χ0) is 12.3. The monoisotopic (exact) mass is 235 g/mol. The average Bonchev–Trinajstić information content (AvgIpc) is 3.11. The molecule has 2 rings (SSSR count). The Kier molecular flexibility index (Phi) is 3.94. The van der Waals surface area contributed by atoms with Crippen LogP contribution in [0.3, 0.4) is 0 Å². The topological polar surface area (TPSA) is 47.0 Å². The van der Waals surface area contributed by atoms with E-state index in [2.05, 4.69) is 29.1 Å². The predicted molar refractivity (Wildman–Crippen MR) is 67.2 cm³/mol. The summed E-state index contributed by atoms with van der Waals surface area (Å²) in [6.45, 7) is 7.62. The van der Waals surface area contributed by atoms with Gasteiger partial charge in [0.2, 0.25) is 0 Å². The van der Waals surface area contributed by atoms with Crippen LogP contribution in [0, 0.1) is 0 Å². The smallest absolute Gasteiger partial charge is 0.160 e. The summed E-state index contributed by atoms with van der Waals surface area (Å²) < 4.78 is 5.56. The molecule has 0 aliphatic heterocycles. The lowest BCUT2D eigenvalue weighted by atomic mass is 10.2. The minimum absolute atomic E-state index is 0.352. The van der Waals surface area contributed by atoms with Gasteiger partial charge in [0.1, 0.15) is 5.82 Å². The lowest BCUT2D eigenvalue weighted by molar-refractivity contribution is 0.330. The van der Waals surface area contributed by atoms with Crippen LogP contribution in [0.2, 0.25) is 0 Å². The number of nitrogens with one attached hydrogen (secondary N) is 1. The van der Waals surface area contributed by atoms with Gasteiger partial charge >= 0.3 is 0 Å². The first-order chi connectivity index (χ1) is 8.20. The number of ether oxygens (including phenoxy) is 1. The van der Waals surface area contributed by atoms with Crippen LogP contribution in [0.1, 0.15) is 51.0 Å². The summed E-state index contributed by atoms with van der Waals surface area (Å²) in [6.07, 6.45) is 4.37. The predicted octanol–water partition coefficient (Wildman–Crippen LogP) is 2.25. The van der Waals surface area contributed by atoms with E-state index in [0.29, 0.717) is 18.6 Å². The molecule has 0 bridgehead atoms. The zero-order valence-electron chi connectivity index (χ0n) is 10.9. The van der Waals surface area contributed by atoms with Crippen molar-refractivity contribution in [3.05, 3.63) is 17.7 Å². The molecule has 0 amide bonds. The molecule has 0 atom stereocenters. The number of rotatable bonds is 6. The van der Waals surface area contributed by atoms with Crippen LogP contribution >= 0.6 is 0 Å². The lowest BCUT2D eigenvalue weighted by Crippen LogP contribution is -2.18. The van der Waals surface area contributed by atoms with Crippen molar-refractivity contribution >= 4 is 0 Å². The van der Waals surface area contributed by atoms with E-state index in [0.717, 1.165) is 23.8 Å². The van der Waals surface area contributed by atoms with E-state index in [1.165, 1.54) is 12.8 Å². The minimum atomic E-state index is 0.352. The molecule has 1 aliphatic carbocycles. The van der Waals surface area contributed by atoms with Crippen molar-refractivity contribution < 1.29 is 4.74 Å². The van der Waals surface area contributed by atoms with Crippen LogP contribution in [-0.4, -0.2) is 22.6 Å². The number of hydrogen-bond acceptors (Lipinski definition) is 4. The van der Waals surface area contributed by atoms with Gasteiger partial charge < -0.3 is 10.1 Å². The van der Waals surface area contributed by atoms with E-state index in [1.54, 1.807) is 6.20 Å². The molecule has 0 aromatic carbocycles. The molecule has 0 saturated heterocycles. The fraction of sp³-hybridized carbons (Fsp3) is 0.692. The first-order valence-corrected chi connectivity index (χ1v) is 6.42. The van der Waals surface area contributed by atoms with Gasteiger partial charge in [-0.2, -0.15) is 0 Å². The Morgan fingerprint density at radius 1 is 1.47 bits per heavy atom. The Morgan fingerprint density at radius 2 is 2.24 bits per heavy atom. The SMILES string of the molecule is CCOc1cnc(C(C)C)nc1CNC1CC1. The number of nitrogens with zero attached hydrogens (tertiary/aromatic N) is 2. The highest BCUT2D eigenvalue weighted by atomic mass is 16.5. The molecule has 0 spiro atoms. The molecule has 4 heteroatoms. The van der Waals surface area contributed by atoms with E-state index >= 15 is 0 Å². The third kappa shape index (κ3) is 3.40. The van der Waals surface area contributed by atoms with Crippen LogP contribution in [0.15, 0.2) is 6.20 Å². The van der Waals surface area contributed by atoms with Crippen LogP contribution in [0.25, 0.3) is 0 Å². The van der Waals surface area contributed by atoms with Crippen molar-refractivity contribution in [2.75, 3.05) is 6.61 Å². The molecular weight excluding hydrogens is 214 g/mol. The maximum absolute atomic E-state index is 5.56. The highest BCUT2D eigenvalue weighted by Gasteiger charge is 2.21. The molecule has 0 unspecified atom stereocenters. The van der Waals surface area contributed by atoms with E-state index in [-0.39, 0.29) is 0 Å². The summed E-state index contributed by atoms with van der Waals surface area (Å²) >= 11 is 0. The van der Waals surface area contributed by atoms with E-state index < -0.39 is 0 Å². The molecule has 94 valence electrons. The second-order valence-corrected chi connectivity index (χ2v) is 4.78. The van der Waals surface area contributed by atoms with Crippen molar-refractivity contribution in [1.82, 2.24) is 15.3 Å². The standard InChI is InChI=1S/C13H21N3O/c1-4-17-12-8-15-13(9(2)3)16-11(12)7-14-10-5-6-10/h8-10,14H,4-7H2,1-3H3. The van der Waals surface area contributed by atoms with E-state index in [4.69, 9.17) is 4.74 Å². The molecule has 17 heavy (non-hydrogen) atoms. The minimum Gasteiger partial charge on any atom is -0.490 e. The molecule has 1 aromatic rings. The van der Waals surface area contributed by atoms with Crippen molar-refractivity contribution in [3.63, 3.8) is 0 Å². The zero-order valence-corrected chi connectivity index (χ0v) is 10.9. The van der Waals surface area contributed by atoms with Gasteiger partial charge in [-0.25, -0.2) is 9.97 Å². The van der Waals surface area contributed by atoms with Gasteiger partial charge in [0.25, 0.3) is 0 Å². The first-order valence-electron chi connectivity index (χ1n) is 6.42. The molecule has 1 aliphatic rings. The Hall–Kier alpha value is -1.16. The van der Waals surface area contributed by atoms with Gasteiger partial charge in [0.15, 0.2) is 5.75 Å². The maximum atomic E-state index is 5.56. The Morgan fingerprint density at radius 3 is 2.82 bits per heavy atom. The third-order valence-electron chi connectivity index (χ3n) is 2.80. The van der Waals surface area contributed by atoms with Gasteiger partial charge in [-0.15, -0.1) is 0 Å². The lowest BCUT2D eigenvalue weighted by Gasteiger charge is -2.12. The molecule has 1 N–H and O–H groups in total. The highest BCUT2D eigenvalue weighted by Crippen LogP contribution is 2.22. The highest BCUT2D eigenvalue weighted by molar-refractivity contribution is 5.25. The van der Waals surface area contributed by atoms with Crippen molar-refractivity contribution in [2.24, 2.45) is 0 Å².